The van der Waals surface area contributed by atoms with Gasteiger partial charge >= 0.3 is 12.4 Å². The number of ether oxygens (including phenoxy) is 2. The molecule has 0 heterocycles. The number of hydrogen-bond donors (Lipinski definition) is 2. The van der Waals surface area contributed by atoms with Crippen molar-refractivity contribution in [3.05, 3.63) is 143 Å². The van der Waals surface area contributed by atoms with Crippen molar-refractivity contribution in [1.82, 2.24) is 0 Å². The molecule has 0 aliphatic heterocycles. The number of rotatable bonds is 8. The van der Waals surface area contributed by atoms with E-state index >= 15 is 0 Å². The molecular formula is C34H26F6N2O2. The fraction of sp³-hybridized carbons (Fsp3) is 0.118. The first-order valence-corrected chi connectivity index (χ1v) is 13.4. The van der Waals surface area contributed by atoms with E-state index in [1.165, 1.54) is 24.3 Å². The van der Waals surface area contributed by atoms with Crippen molar-refractivity contribution in [2.24, 2.45) is 0 Å². The molecule has 0 aromatic heterocycles. The molecule has 0 bridgehead atoms. The summed E-state index contributed by atoms with van der Waals surface area (Å²) in [6.07, 6.45) is -7.99. The highest BCUT2D eigenvalue weighted by atomic mass is 19.4. The summed E-state index contributed by atoms with van der Waals surface area (Å²) in [6, 6.07) is 28.4. The van der Waals surface area contributed by atoms with Gasteiger partial charge in [-0.2, -0.15) is 26.3 Å². The largest absolute Gasteiger partial charge is 0.457 e. The van der Waals surface area contributed by atoms with E-state index in [1.54, 1.807) is 48.5 Å². The van der Waals surface area contributed by atoms with Gasteiger partial charge in [0, 0.05) is 11.4 Å². The second-order valence-corrected chi connectivity index (χ2v) is 10.2. The van der Waals surface area contributed by atoms with Crippen molar-refractivity contribution < 1.29 is 35.8 Å². The first kappa shape index (κ1) is 30.3. The fourth-order valence-electron chi connectivity index (χ4n) is 4.57. The summed E-state index contributed by atoms with van der Waals surface area (Å²) in [6.45, 7) is 0. The van der Waals surface area contributed by atoms with E-state index < -0.39 is 23.5 Å². The minimum atomic E-state index is -4.60. The van der Waals surface area contributed by atoms with Gasteiger partial charge in [-0.1, -0.05) is 48.5 Å². The zero-order chi connectivity index (χ0) is 31.5. The van der Waals surface area contributed by atoms with Crippen LogP contribution in [-0.4, -0.2) is 0 Å². The van der Waals surface area contributed by atoms with Crippen molar-refractivity contribution in [1.29, 1.82) is 0 Å². The number of benzene rings is 5. The van der Waals surface area contributed by atoms with Gasteiger partial charge in [0.2, 0.25) is 0 Å². The van der Waals surface area contributed by atoms with E-state index in [1.807, 2.05) is 24.3 Å². The zero-order valence-corrected chi connectivity index (χ0v) is 23.0. The third kappa shape index (κ3) is 7.63. The van der Waals surface area contributed by atoms with Gasteiger partial charge in [-0.3, -0.25) is 0 Å². The van der Waals surface area contributed by atoms with Crippen LogP contribution < -0.4 is 20.9 Å². The number of anilines is 2. The highest BCUT2D eigenvalue weighted by Gasteiger charge is 2.35. The predicted octanol–water partition coefficient (Wildman–Crippen LogP) is 9.65. The molecule has 0 aliphatic carbocycles. The topological polar surface area (TPSA) is 70.5 Å². The summed E-state index contributed by atoms with van der Waals surface area (Å²) < 4.78 is 91.1. The van der Waals surface area contributed by atoms with Gasteiger partial charge in [0.25, 0.3) is 0 Å². The van der Waals surface area contributed by atoms with E-state index in [-0.39, 0.29) is 34.4 Å². The maximum atomic E-state index is 13.4. The third-order valence-corrected chi connectivity index (χ3v) is 6.76. The zero-order valence-electron chi connectivity index (χ0n) is 23.0. The molecule has 0 fully saturated rings. The molecule has 0 saturated heterocycles. The van der Waals surface area contributed by atoms with Gasteiger partial charge in [0.1, 0.15) is 34.1 Å². The molecule has 226 valence electrons. The molecule has 5 aromatic rings. The Morgan fingerprint density at radius 2 is 0.727 bits per heavy atom. The second-order valence-electron chi connectivity index (χ2n) is 10.2. The van der Waals surface area contributed by atoms with Crippen molar-refractivity contribution in [2.45, 2.75) is 25.2 Å². The van der Waals surface area contributed by atoms with E-state index in [0.717, 1.165) is 34.4 Å². The van der Waals surface area contributed by atoms with Crippen LogP contribution in [0.4, 0.5) is 37.7 Å². The van der Waals surface area contributed by atoms with E-state index in [9.17, 15) is 26.3 Å². The average molecular weight is 609 g/mol. The fourth-order valence-corrected chi connectivity index (χ4v) is 4.57. The maximum Gasteiger partial charge on any atom is 0.420 e. The Morgan fingerprint density at radius 1 is 0.432 bits per heavy atom. The molecule has 0 radical (unpaired) electrons. The van der Waals surface area contributed by atoms with E-state index in [0.29, 0.717) is 12.8 Å². The van der Waals surface area contributed by atoms with Crippen molar-refractivity contribution >= 4 is 11.4 Å². The summed E-state index contributed by atoms with van der Waals surface area (Å²) in [5.41, 5.74) is 13.1. The van der Waals surface area contributed by atoms with Crippen LogP contribution in [0, 0.1) is 0 Å². The summed E-state index contributed by atoms with van der Waals surface area (Å²) >= 11 is 0. The van der Waals surface area contributed by atoms with Gasteiger partial charge in [0.05, 0.1) is 0 Å². The monoisotopic (exact) mass is 608 g/mol. The summed E-state index contributed by atoms with van der Waals surface area (Å²) in [4.78, 5) is 0. The molecule has 0 spiro atoms. The van der Waals surface area contributed by atoms with Gasteiger partial charge < -0.3 is 20.9 Å². The summed E-state index contributed by atoms with van der Waals surface area (Å²) in [7, 11) is 0. The Labute approximate surface area is 249 Å². The average Bonchev–Trinajstić information content (AvgIpc) is 2.97. The molecule has 0 atom stereocenters. The molecule has 5 rings (SSSR count). The van der Waals surface area contributed by atoms with Crippen molar-refractivity contribution in [2.75, 3.05) is 11.5 Å². The maximum absolute atomic E-state index is 13.4. The van der Waals surface area contributed by atoms with E-state index in [4.69, 9.17) is 20.9 Å². The lowest BCUT2D eigenvalue weighted by Gasteiger charge is -2.14. The quantitative estimate of drug-likeness (QED) is 0.136. The molecular weight excluding hydrogens is 582 g/mol. The van der Waals surface area contributed by atoms with Gasteiger partial charge in [-0.05, 0) is 95.8 Å². The highest BCUT2D eigenvalue weighted by Crippen LogP contribution is 2.40. The standard InChI is InChI=1S/C34H26F6N2O2/c35-33(36,37)29-19-25(41)9-15-31(29)43-27-11-5-23(6-12-27)17-21-1-2-22(4-3-21)18-24-7-13-28(14-8-24)44-32-16-10-26(42)20-30(32)34(38,39)40/h1-16,19-20H,17-18,41-42H2. The van der Waals surface area contributed by atoms with Crippen LogP contribution in [0.3, 0.4) is 0 Å². The Kier molecular flexibility index (Phi) is 8.44. The molecule has 10 heteroatoms. The first-order chi connectivity index (χ1) is 20.8. The minimum Gasteiger partial charge on any atom is -0.457 e. The van der Waals surface area contributed by atoms with Crippen LogP contribution in [0.2, 0.25) is 0 Å². The van der Waals surface area contributed by atoms with Crippen LogP contribution in [0.15, 0.2) is 109 Å². The third-order valence-electron chi connectivity index (χ3n) is 6.76. The van der Waals surface area contributed by atoms with Crippen LogP contribution in [0.5, 0.6) is 23.0 Å². The molecule has 44 heavy (non-hydrogen) atoms. The van der Waals surface area contributed by atoms with E-state index in [2.05, 4.69) is 0 Å². The van der Waals surface area contributed by atoms with Crippen LogP contribution in [-0.2, 0) is 25.2 Å². The normalized spacial score (nSPS) is 11.8. The number of nitrogens with two attached hydrogens (primary N) is 2. The van der Waals surface area contributed by atoms with Gasteiger partial charge in [-0.15, -0.1) is 0 Å². The Hall–Kier alpha value is -5.12. The van der Waals surface area contributed by atoms with Crippen molar-refractivity contribution in [3.63, 3.8) is 0 Å². The molecule has 0 unspecified atom stereocenters. The lowest BCUT2D eigenvalue weighted by Crippen LogP contribution is -2.08. The van der Waals surface area contributed by atoms with Gasteiger partial charge in [0.15, 0.2) is 0 Å². The molecule has 5 aromatic carbocycles. The van der Waals surface area contributed by atoms with Gasteiger partial charge in [-0.25, -0.2) is 0 Å². The Bertz CT molecular complexity index is 1600. The number of alkyl halides is 6. The smallest absolute Gasteiger partial charge is 0.420 e. The molecule has 0 amide bonds. The van der Waals surface area contributed by atoms with Crippen LogP contribution in [0.25, 0.3) is 0 Å². The summed E-state index contributed by atoms with van der Waals surface area (Å²) in [5.74, 6) is -0.112. The predicted molar refractivity (Wildman–Crippen MR) is 157 cm³/mol. The molecule has 4 N–H and O–H groups in total. The van der Waals surface area contributed by atoms with Crippen molar-refractivity contribution in [3.8, 4) is 23.0 Å². The number of nitrogen functional groups attached to an aromatic ring is 2. The minimum absolute atomic E-state index is 0.00468. The molecule has 4 nitrogen and oxygen atoms in total. The lowest BCUT2D eigenvalue weighted by atomic mass is 10.0. The van der Waals surface area contributed by atoms with Crippen LogP contribution >= 0.6 is 0 Å². The first-order valence-electron chi connectivity index (χ1n) is 13.4. The SMILES string of the molecule is Nc1ccc(Oc2ccc(Cc3ccc(Cc4ccc(Oc5ccc(N)cc5C(F)(F)F)cc4)cc3)cc2)c(C(F)(F)F)c1. The summed E-state index contributed by atoms with van der Waals surface area (Å²) in [5, 5.41) is 0. The molecule has 0 aliphatic rings. The number of halogens is 6. The number of hydrogen-bond acceptors (Lipinski definition) is 4. The Balaban J connectivity index is 1.18. The second kappa shape index (κ2) is 12.2. The molecule has 0 saturated carbocycles. The Morgan fingerprint density at radius 3 is 1.02 bits per heavy atom. The van der Waals surface area contributed by atoms with Crippen LogP contribution in [0.1, 0.15) is 33.4 Å². The highest BCUT2D eigenvalue weighted by molar-refractivity contribution is 5.51. The lowest BCUT2D eigenvalue weighted by molar-refractivity contribution is -0.139.